The second kappa shape index (κ2) is 10.1. The lowest BCUT2D eigenvalue weighted by atomic mass is 9.86. The minimum atomic E-state index is -0.538. The molecule has 5 heterocycles. The molecule has 1 aliphatic heterocycles. The Labute approximate surface area is 233 Å². The Kier molecular flexibility index (Phi) is 6.62. The topological polar surface area (TPSA) is 99.8 Å². The zero-order valence-corrected chi connectivity index (χ0v) is 23.7. The molecule has 1 aliphatic rings. The second-order valence-corrected chi connectivity index (χ2v) is 11.7. The van der Waals surface area contributed by atoms with E-state index in [1.807, 2.05) is 59.1 Å². The Morgan fingerprint density at radius 2 is 1.85 bits per heavy atom. The number of nitrogens with one attached hydrogen (secondary N) is 1. The van der Waals surface area contributed by atoms with Crippen molar-refractivity contribution in [1.82, 2.24) is 29.5 Å². The van der Waals surface area contributed by atoms with E-state index in [-0.39, 0.29) is 11.9 Å². The van der Waals surface area contributed by atoms with Gasteiger partial charge in [-0.25, -0.2) is 9.67 Å². The van der Waals surface area contributed by atoms with E-state index in [2.05, 4.69) is 50.5 Å². The van der Waals surface area contributed by atoms with Crippen LogP contribution in [0.5, 0.6) is 0 Å². The maximum Gasteiger partial charge on any atom is 0.230 e. The highest BCUT2D eigenvalue weighted by Gasteiger charge is 2.31. The lowest BCUT2D eigenvalue weighted by molar-refractivity contribution is -0.123. The first-order valence-corrected chi connectivity index (χ1v) is 13.8. The number of hydrogen-bond acceptors (Lipinski definition) is 6. The summed E-state index contributed by atoms with van der Waals surface area (Å²) in [7, 11) is 1.90. The van der Waals surface area contributed by atoms with Gasteiger partial charge in [0.05, 0.1) is 28.5 Å². The van der Waals surface area contributed by atoms with Crippen molar-refractivity contribution in [3.63, 3.8) is 0 Å². The summed E-state index contributed by atoms with van der Waals surface area (Å²) in [4.78, 5) is 22.9. The molecule has 206 valence electrons. The number of pyridine rings is 2. The molecule has 1 N–H and O–H groups in total. The van der Waals surface area contributed by atoms with Crippen molar-refractivity contribution in [3.8, 4) is 11.3 Å². The molecule has 1 fully saturated rings. The van der Waals surface area contributed by atoms with Crippen molar-refractivity contribution >= 4 is 33.8 Å². The van der Waals surface area contributed by atoms with E-state index in [0.717, 1.165) is 65.1 Å². The molecule has 9 heteroatoms. The van der Waals surface area contributed by atoms with Crippen molar-refractivity contribution in [3.05, 3.63) is 66.0 Å². The first-order valence-electron chi connectivity index (χ1n) is 13.8. The van der Waals surface area contributed by atoms with Crippen LogP contribution in [0.1, 0.15) is 50.9 Å². The van der Waals surface area contributed by atoms with Crippen LogP contribution in [-0.4, -0.2) is 48.6 Å². The number of carbonyl (C=O) groups is 1. The average molecular weight is 538 g/mol. The highest BCUT2D eigenvalue weighted by atomic mass is 16.5. The quantitative estimate of drug-likeness (QED) is 0.309. The summed E-state index contributed by atoms with van der Waals surface area (Å²) in [5.41, 5.74) is 6.06. The molecule has 6 rings (SSSR count). The van der Waals surface area contributed by atoms with Gasteiger partial charge in [0.2, 0.25) is 5.91 Å². The predicted molar refractivity (Wildman–Crippen MR) is 156 cm³/mol. The van der Waals surface area contributed by atoms with E-state index < -0.39 is 5.41 Å². The molecular weight excluding hydrogens is 502 g/mol. The fourth-order valence-corrected chi connectivity index (χ4v) is 5.73. The summed E-state index contributed by atoms with van der Waals surface area (Å²) in [5.74, 6) is 0.793. The predicted octanol–water partition coefficient (Wildman–Crippen LogP) is 5.69. The molecule has 1 atom stereocenters. The lowest BCUT2D eigenvalue weighted by Crippen LogP contribution is -2.28. The van der Waals surface area contributed by atoms with Crippen LogP contribution in [0.2, 0.25) is 0 Å². The van der Waals surface area contributed by atoms with E-state index in [4.69, 9.17) is 14.7 Å². The normalized spacial score (nSPS) is 15.5. The van der Waals surface area contributed by atoms with Crippen LogP contribution in [0.4, 0.5) is 5.82 Å². The van der Waals surface area contributed by atoms with Crippen LogP contribution in [0.15, 0.2) is 54.7 Å². The fourth-order valence-electron chi connectivity index (χ4n) is 5.73. The van der Waals surface area contributed by atoms with E-state index in [1.54, 1.807) is 4.68 Å². The van der Waals surface area contributed by atoms with Gasteiger partial charge in [-0.3, -0.25) is 9.78 Å². The van der Waals surface area contributed by atoms with E-state index in [9.17, 15) is 4.79 Å². The highest BCUT2D eigenvalue weighted by molar-refractivity contribution is 6.06. The Bertz CT molecular complexity index is 1670. The summed E-state index contributed by atoms with van der Waals surface area (Å²) < 4.78 is 9.89. The number of anilines is 1. The smallest absolute Gasteiger partial charge is 0.230 e. The molecule has 0 aliphatic carbocycles. The number of nitrogens with zero attached hydrogens (tertiary/aromatic N) is 6. The van der Waals surface area contributed by atoms with Crippen LogP contribution in [0, 0.1) is 18.3 Å². The second-order valence-electron chi connectivity index (χ2n) is 11.7. The Balaban J connectivity index is 1.63. The molecule has 0 spiro atoms. The maximum atomic E-state index is 12.9. The lowest BCUT2D eigenvalue weighted by Gasteiger charge is -2.32. The standard InChI is InChI=1S/C31H35N7O2/c1-19-27(37(5)36-35-19)22-17-24-26(32-18-22)23-11-12-25(34-30(39)31(2,3)4)33-29(23)38(24)28(20-9-7-6-8-10-20)21-13-15-40-16-14-21/h6-12,17-18,21,28H,13-16H2,1-5H3,(H,33,34,39)/t28-/m1/s1. The van der Waals surface area contributed by atoms with Gasteiger partial charge in [0, 0.05) is 42.8 Å². The van der Waals surface area contributed by atoms with Gasteiger partial charge in [0.1, 0.15) is 11.5 Å². The van der Waals surface area contributed by atoms with Crippen molar-refractivity contribution in [2.24, 2.45) is 18.4 Å². The third kappa shape index (κ3) is 4.64. The summed E-state index contributed by atoms with van der Waals surface area (Å²) in [5, 5.41) is 12.5. The van der Waals surface area contributed by atoms with Gasteiger partial charge in [0.15, 0.2) is 0 Å². The van der Waals surface area contributed by atoms with Gasteiger partial charge in [0.25, 0.3) is 0 Å². The fraction of sp³-hybridized carbons (Fsp3) is 0.387. The Hall–Kier alpha value is -4.11. The zero-order valence-electron chi connectivity index (χ0n) is 23.7. The van der Waals surface area contributed by atoms with Gasteiger partial charge in [-0.05, 0) is 49.4 Å². The van der Waals surface area contributed by atoms with E-state index in [1.165, 1.54) is 5.56 Å². The van der Waals surface area contributed by atoms with Crippen molar-refractivity contribution in [1.29, 1.82) is 0 Å². The first-order chi connectivity index (χ1) is 19.2. The third-order valence-electron chi connectivity index (χ3n) is 7.81. The van der Waals surface area contributed by atoms with Gasteiger partial charge in [-0.2, -0.15) is 0 Å². The monoisotopic (exact) mass is 537 g/mol. The number of hydrogen-bond donors (Lipinski definition) is 1. The van der Waals surface area contributed by atoms with E-state index in [0.29, 0.717) is 11.7 Å². The number of aromatic nitrogens is 6. The third-order valence-corrected chi connectivity index (χ3v) is 7.81. The molecule has 40 heavy (non-hydrogen) atoms. The minimum absolute atomic E-state index is 0.00831. The first kappa shape index (κ1) is 26.1. The van der Waals surface area contributed by atoms with Crippen LogP contribution < -0.4 is 5.32 Å². The number of rotatable bonds is 5. The summed E-state index contributed by atoms with van der Waals surface area (Å²) >= 11 is 0. The summed E-state index contributed by atoms with van der Waals surface area (Å²) in [6.45, 7) is 9.12. The van der Waals surface area contributed by atoms with E-state index >= 15 is 0 Å². The van der Waals surface area contributed by atoms with Crippen molar-refractivity contribution < 1.29 is 9.53 Å². The molecule has 0 unspecified atom stereocenters. The molecule has 1 saturated heterocycles. The van der Waals surface area contributed by atoms with Crippen molar-refractivity contribution in [2.75, 3.05) is 18.5 Å². The van der Waals surface area contributed by atoms with Crippen LogP contribution in [0.3, 0.4) is 0 Å². The molecular formula is C31H35N7O2. The summed E-state index contributed by atoms with van der Waals surface area (Å²) in [6.07, 6.45) is 3.77. The van der Waals surface area contributed by atoms with Gasteiger partial charge < -0.3 is 14.6 Å². The van der Waals surface area contributed by atoms with Gasteiger partial charge in [-0.1, -0.05) is 56.3 Å². The van der Waals surface area contributed by atoms with Crippen LogP contribution in [0.25, 0.3) is 33.3 Å². The molecule has 0 bridgehead atoms. The zero-order chi connectivity index (χ0) is 28.0. The number of fused-ring (bicyclic) bond motifs is 3. The van der Waals surface area contributed by atoms with Crippen LogP contribution >= 0.6 is 0 Å². The molecule has 1 aromatic carbocycles. The Morgan fingerprint density at radius 3 is 2.52 bits per heavy atom. The molecule has 5 aromatic rings. The van der Waals surface area contributed by atoms with Crippen LogP contribution in [-0.2, 0) is 16.6 Å². The molecule has 1 amide bonds. The largest absolute Gasteiger partial charge is 0.381 e. The number of benzene rings is 1. The minimum Gasteiger partial charge on any atom is -0.381 e. The number of ether oxygens (including phenoxy) is 1. The SMILES string of the molecule is Cc1nnn(C)c1-c1cnc2c3ccc(NC(=O)C(C)(C)C)nc3n([C@H](c3ccccc3)C3CCOCC3)c2c1. The molecule has 9 nitrogen and oxygen atoms in total. The number of aryl methyl sites for hydroxylation is 2. The number of carbonyl (C=O) groups excluding carboxylic acids is 1. The summed E-state index contributed by atoms with van der Waals surface area (Å²) in [6, 6.07) is 16.7. The highest BCUT2D eigenvalue weighted by Crippen LogP contribution is 2.41. The van der Waals surface area contributed by atoms with Crippen molar-refractivity contribution in [2.45, 2.75) is 46.6 Å². The van der Waals surface area contributed by atoms with Gasteiger partial charge in [-0.15, -0.1) is 5.10 Å². The Morgan fingerprint density at radius 1 is 1.10 bits per heavy atom. The molecule has 4 aromatic heterocycles. The molecule has 0 saturated carbocycles. The maximum absolute atomic E-state index is 12.9. The average Bonchev–Trinajstić information content (AvgIpc) is 3.45. The number of amides is 1. The van der Waals surface area contributed by atoms with Gasteiger partial charge >= 0.3 is 0 Å². The molecule has 0 radical (unpaired) electrons.